The number of hydrogen-bond acceptors (Lipinski definition) is 10. The fourth-order valence-electron chi connectivity index (χ4n) is 5.02. The van der Waals surface area contributed by atoms with Gasteiger partial charge in [0.15, 0.2) is 11.5 Å². The van der Waals surface area contributed by atoms with Gasteiger partial charge in [-0.1, -0.05) is 31.4 Å². The third kappa shape index (κ3) is 6.05. The van der Waals surface area contributed by atoms with E-state index in [0.29, 0.717) is 41.1 Å². The summed E-state index contributed by atoms with van der Waals surface area (Å²) >= 11 is 0. The van der Waals surface area contributed by atoms with Crippen molar-refractivity contribution >= 4 is 17.4 Å². The number of hydrogen-bond donors (Lipinski definition) is 2. The summed E-state index contributed by atoms with van der Waals surface area (Å²) in [6, 6.07) is 9.94. The van der Waals surface area contributed by atoms with E-state index in [0.717, 1.165) is 29.8 Å². The van der Waals surface area contributed by atoms with E-state index in [1.807, 2.05) is 30.3 Å². The van der Waals surface area contributed by atoms with Crippen LogP contribution in [0.25, 0.3) is 28.3 Å². The molecule has 0 radical (unpaired) electrons. The molecule has 1 unspecified atom stereocenters. The molecule has 0 aliphatic heterocycles. The summed E-state index contributed by atoms with van der Waals surface area (Å²) in [7, 11) is 5.21. The number of nitrogens with zero attached hydrogens (tertiary/aromatic N) is 6. The van der Waals surface area contributed by atoms with Crippen LogP contribution < -0.4 is 15.0 Å². The molecule has 0 bridgehead atoms. The molecule has 3 heterocycles. The lowest BCUT2D eigenvalue weighted by Crippen LogP contribution is -2.34. The van der Waals surface area contributed by atoms with Crippen molar-refractivity contribution in [1.82, 2.24) is 29.9 Å². The van der Waals surface area contributed by atoms with Crippen molar-refractivity contribution in [3.63, 3.8) is 0 Å². The third-order valence-electron chi connectivity index (χ3n) is 7.23. The predicted octanol–water partition coefficient (Wildman–Crippen LogP) is 3.37. The molecule has 0 spiro atoms. The lowest BCUT2D eigenvalue weighted by molar-refractivity contribution is 0.0602. The van der Waals surface area contributed by atoms with Crippen LogP contribution >= 0.6 is 0 Å². The van der Waals surface area contributed by atoms with Gasteiger partial charge in [0, 0.05) is 49.2 Å². The maximum Gasteiger partial charge on any atom is 0.343 e. The molecule has 5 rings (SSSR count). The number of methoxy groups -OCH3 is 1. The molecule has 40 heavy (non-hydrogen) atoms. The molecule has 2 N–H and O–H groups in total. The Morgan fingerprint density at radius 1 is 1.18 bits per heavy atom. The molecule has 1 aliphatic carbocycles. The van der Waals surface area contributed by atoms with Gasteiger partial charge in [-0.15, -0.1) is 0 Å². The van der Waals surface area contributed by atoms with Crippen LogP contribution in [0, 0.1) is 0 Å². The predicted molar refractivity (Wildman–Crippen MR) is 151 cm³/mol. The molecule has 0 amide bonds. The van der Waals surface area contributed by atoms with Crippen LogP contribution in [0.4, 0.5) is 5.82 Å². The summed E-state index contributed by atoms with van der Waals surface area (Å²) in [6.07, 6.45) is 10.3. The van der Waals surface area contributed by atoms with Gasteiger partial charge in [-0.25, -0.2) is 24.3 Å². The zero-order valence-electron chi connectivity index (χ0n) is 23.1. The van der Waals surface area contributed by atoms with Crippen LogP contribution in [0.3, 0.4) is 0 Å². The third-order valence-corrected chi connectivity index (χ3v) is 7.23. The summed E-state index contributed by atoms with van der Waals surface area (Å²) < 4.78 is 12.2. The molecular weight excluding hydrogens is 510 g/mol. The average Bonchev–Trinajstić information content (AvgIpc) is 3.43. The highest BCUT2D eigenvalue weighted by molar-refractivity contribution is 5.95. The molecule has 11 nitrogen and oxygen atoms in total. The molecule has 1 atom stereocenters. The number of rotatable bonds is 10. The molecular formula is C29H35N7O4. The fourth-order valence-corrected chi connectivity index (χ4v) is 5.02. The summed E-state index contributed by atoms with van der Waals surface area (Å²) in [5.41, 5.74) is 2.92. The molecule has 1 aromatic carbocycles. The van der Waals surface area contributed by atoms with E-state index in [1.54, 1.807) is 24.0 Å². The van der Waals surface area contributed by atoms with E-state index >= 15 is 0 Å². The molecule has 4 aromatic rings. The first-order valence-corrected chi connectivity index (χ1v) is 13.6. The van der Waals surface area contributed by atoms with Gasteiger partial charge in [0.05, 0.1) is 19.0 Å². The number of aromatic nitrogens is 5. The van der Waals surface area contributed by atoms with Crippen molar-refractivity contribution in [1.29, 1.82) is 0 Å². The van der Waals surface area contributed by atoms with Crippen molar-refractivity contribution in [2.45, 2.75) is 44.2 Å². The van der Waals surface area contributed by atoms with Gasteiger partial charge >= 0.3 is 5.97 Å². The molecule has 11 heteroatoms. The minimum Gasteiger partial charge on any atom is -0.491 e. The maximum absolute atomic E-state index is 12.1. The SMILES string of the molecule is CNCC(O)COc1cccc(-c2nc(-c3cnc4c(C(=O)OC)cnn4c3)cc(N(C)C3CCCCC3)n2)c1. The van der Waals surface area contributed by atoms with E-state index in [4.69, 9.17) is 19.4 Å². The molecule has 3 aromatic heterocycles. The van der Waals surface area contributed by atoms with Crippen molar-refractivity contribution in [2.24, 2.45) is 0 Å². The Balaban J connectivity index is 1.53. The average molecular weight is 546 g/mol. The van der Waals surface area contributed by atoms with Crippen LogP contribution in [-0.4, -0.2) is 82.1 Å². The topological polar surface area (TPSA) is 127 Å². The fraction of sp³-hybridized carbons (Fsp3) is 0.414. The number of anilines is 1. The molecule has 0 saturated heterocycles. The number of aliphatic hydroxyl groups excluding tert-OH is 1. The van der Waals surface area contributed by atoms with Gasteiger partial charge in [0.25, 0.3) is 0 Å². The normalized spacial score (nSPS) is 14.7. The standard InChI is InChI=1S/C29H35N7O4/c1-30-15-22(37)18-40-23-11-7-8-19(12-23)27-33-25(13-26(34-27)35(2)21-9-5-4-6-10-21)20-14-31-28-24(29(38)39-3)16-32-36(28)17-20/h7-8,11-14,16-17,21-22,30,37H,4-6,9-10,15,18H2,1-3H3. The van der Waals surface area contributed by atoms with Crippen molar-refractivity contribution in [3.8, 4) is 28.4 Å². The number of ether oxygens (including phenoxy) is 2. The maximum atomic E-state index is 12.1. The lowest BCUT2D eigenvalue weighted by atomic mass is 9.94. The highest BCUT2D eigenvalue weighted by Gasteiger charge is 2.22. The van der Waals surface area contributed by atoms with Crippen LogP contribution in [-0.2, 0) is 4.74 Å². The number of fused-ring (bicyclic) bond motifs is 1. The van der Waals surface area contributed by atoms with Crippen LogP contribution in [0.5, 0.6) is 5.75 Å². The largest absolute Gasteiger partial charge is 0.491 e. The second kappa shape index (κ2) is 12.4. The van der Waals surface area contributed by atoms with E-state index in [1.165, 1.54) is 32.6 Å². The lowest BCUT2D eigenvalue weighted by Gasteiger charge is -2.32. The Hall–Kier alpha value is -4.09. The highest BCUT2D eigenvalue weighted by atomic mass is 16.5. The van der Waals surface area contributed by atoms with Crippen LogP contribution in [0.15, 0.2) is 48.9 Å². The van der Waals surface area contributed by atoms with Crippen LogP contribution in [0.1, 0.15) is 42.5 Å². The number of benzene rings is 1. The minimum atomic E-state index is -0.617. The summed E-state index contributed by atoms with van der Waals surface area (Å²) in [4.78, 5) is 28.7. The van der Waals surface area contributed by atoms with E-state index < -0.39 is 12.1 Å². The zero-order chi connectivity index (χ0) is 28.1. The van der Waals surface area contributed by atoms with Crippen molar-refractivity contribution in [3.05, 3.63) is 54.5 Å². The number of nitrogens with one attached hydrogen (secondary N) is 1. The highest BCUT2D eigenvalue weighted by Crippen LogP contribution is 2.31. The number of aliphatic hydroxyl groups is 1. The summed E-state index contributed by atoms with van der Waals surface area (Å²) in [5.74, 6) is 1.50. The van der Waals surface area contributed by atoms with Gasteiger partial charge in [0.2, 0.25) is 0 Å². The first-order valence-electron chi connectivity index (χ1n) is 13.6. The molecule has 1 saturated carbocycles. The Bertz CT molecular complexity index is 1470. The number of esters is 1. The van der Waals surface area contributed by atoms with Gasteiger partial charge in [-0.2, -0.15) is 5.10 Å². The van der Waals surface area contributed by atoms with Gasteiger partial charge in [-0.3, -0.25) is 0 Å². The monoisotopic (exact) mass is 545 g/mol. The van der Waals surface area contributed by atoms with E-state index in [2.05, 4.69) is 27.3 Å². The second-order valence-corrected chi connectivity index (χ2v) is 10.0. The zero-order valence-corrected chi connectivity index (χ0v) is 23.1. The van der Waals surface area contributed by atoms with Gasteiger partial charge < -0.3 is 24.8 Å². The quantitative estimate of drug-likeness (QED) is 0.286. The Labute approximate surface area is 233 Å². The molecule has 1 aliphatic rings. The number of likely N-dealkylation sites (N-methyl/N-ethyl adjacent to an activating group) is 1. The molecule has 210 valence electrons. The Kier molecular flexibility index (Phi) is 8.51. The smallest absolute Gasteiger partial charge is 0.343 e. The van der Waals surface area contributed by atoms with E-state index in [9.17, 15) is 9.90 Å². The first-order chi connectivity index (χ1) is 19.5. The Morgan fingerprint density at radius 2 is 2.00 bits per heavy atom. The second-order valence-electron chi connectivity index (χ2n) is 10.0. The number of carbonyl (C=O) groups excluding carboxylic acids is 1. The van der Waals surface area contributed by atoms with Crippen molar-refractivity contribution < 1.29 is 19.4 Å². The summed E-state index contributed by atoms with van der Waals surface area (Å²) in [6.45, 7) is 0.613. The van der Waals surface area contributed by atoms with Gasteiger partial charge in [0.1, 0.15) is 29.8 Å². The van der Waals surface area contributed by atoms with E-state index in [-0.39, 0.29) is 6.61 Å². The van der Waals surface area contributed by atoms with Gasteiger partial charge in [-0.05, 0) is 32.0 Å². The molecule has 1 fully saturated rings. The van der Waals surface area contributed by atoms with Crippen molar-refractivity contribution in [2.75, 3.05) is 39.3 Å². The number of carbonyl (C=O) groups is 1. The Morgan fingerprint density at radius 3 is 2.77 bits per heavy atom. The summed E-state index contributed by atoms with van der Waals surface area (Å²) in [5, 5.41) is 17.3. The van der Waals surface area contributed by atoms with Crippen LogP contribution in [0.2, 0.25) is 0 Å². The first kappa shape index (κ1) is 27.5. The minimum absolute atomic E-state index is 0.171.